The Morgan fingerprint density at radius 1 is 1.13 bits per heavy atom. The van der Waals surface area contributed by atoms with Crippen molar-refractivity contribution in [2.24, 2.45) is 17.8 Å². The predicted molar refractivity (Wildman–Crippen MR) is 109 cm³/mol. The van der Waals surface area contributed by atoms with Crippen molar-refractivity contribution < 1.29 is 23.9 Å². The lowest BCUT2D eigenvalue weighted by molar-refractivity contribution is -0.141. The normalized spacial score (nSPS) is 26.8. The van der Waals surface area contributed by atoms with Crippen molar-refractivity contribution in [2.45, 2.75) is 50.8 Å². The number of ether oxygens (including phenoxy) is 1. The minimum atomic E-state index is -1.28. The maximum absolute atomic E-state index is 13.2. The Bertz CT molecular complexity index is 857. The first-order chi connectivity index (χ1) is 14.9. The smallest absolute Gasteiger partial charge is 0.420 e. The summed E-state index contributed by atoms with van der Waals surface area (Å²) in [6, 6.07) is 8.32. The third-order valence-electron chi connectivity index (χ3n) is 6.30. The molecule has 2 saturated carbocycles. The van der Waals surface area contributed by atoms with E-state index in [0.29, 0.717) is 30.9 Å². The molecule has 3 fully saturated rings. The molecule has 3 amide bonds. The number of ketones is 1. The number of Topliss-reactive ketones (excluding diaryl/α,β-unsaturated/α-hetero) is 1. The van der Waals surface area contributed by atoms with E-state index in [1.807, 2.05) is 6.07 Å². The topological polar surface area (TPSA) is 129 Å². The van der Waals surface area contributed by atoms with Crippen molar-refractivity contribution in [3.63, 3.8) is 0 Å². The number of nitrogens with zero attached hydrogens (tertiary/aromatic N) is 1. The molecule has 1 saturated heterocycles. The van der Waals surface area contributed by atoms with Gasteiger partial charge in [-0.15, -0.1) is 0 Å². The Kier molecular flexibility index (Phi) is 6.22. The number of cyclic esters (lactones) is 1. The highest BCUT2D eigenvalue weighted by atomic mass is 16.6. The quantitative estimate of drug-likeness (QED) is 0.607. The zero-order valence-corrected chi connectivity index (χ0v) is 17.2. The van der Waals surface area contributed by atoms with E-state index in [9.17, 15) is 19.2 Å². The average Bonchev–Trinajstić information content (AvgIpc) is 3.50. The van der Waals surface area contributed by atoms with E-state index in [2.05, 4.69) is 10.7 Å². The molecule has 2 aliphatic carbocycles. The molecule has 1 aromatic carbocycles. The number of nitrogens with one attached hydrogen (secondary N) is 3. The Morgan fingerprint density at radius 2 is 1.84 bits per heavy atom. The maximum atomic E-state index is 13.2. The minimum absolute atomic E-state index is 0.276. The van der Waals surface area contributed by atoms with Crippen LogP contribution >= 0.6 is 0 Å². The lowest BCUT2D eigenvalue weighted by atomic mass is 9.74. The van der Waals surface area contributed by atoms with Crippen LogP contribution in [-0.4, -0.2) is 47.5 Å². The van der Waals surface area contributed by atoms with Crippen molar-refractivity contribution in [3.8, 4) is 0 Å². The Labute approximate surface area is 180 Å². The number of amides is 3. The van der Waals surface area contributed by atoms with Crippen LogP contribution in [0.1, 0.15) is 48.9 Å². The molecule has 9 nitrogen and oxygen atoms in total. The van der Waals surface area contributed by atoms with Gasteiger partial charge in [0, 0.05) is 18.2 Å². The number of benzene rings is 1. The monoisotopic (exact) mass is 427 g/mol. The molecule has 1 aliphatic heterocycles. The molecule has 165 valence electrons. The predicted octanol–water partition coefficient (Wildman–Crippen LogP) is 1.66. The molecule has 31 heavy (non-hydrogen) atoms. The summed E-state index contributed by atoms with van der Waals surface area (Å²) >= 11 is 0. The molecular formula is C22H27N4O5. The fraction of sp³-hybridized carbons (Fsp3) is 0.545. The van der Waals surface area contributed by atoms with Crippen molar-refractivity contribution in [1.82, 2.24) is 21.5 Å². The van der Waals surface area contributed by atoms with Gasteiger partial charge in [0.05, 0.1) is 0 Å². The SMILES string of the molecule is [NH]C(=O)C(C(=O)C1NN(CC2CC2)C(=O)O1)[C@H]1CCCC[C@@H]1NC(=O)c1ccccc1. The highest BCUT2D eigenvalue weighted by Gasteiger charge is 2.47. The fourth-order valence-corrected chi connectivity index (χ4v) is 4.47. The third-order valence-corrected chi connectivity index (χ3v) is 6.30. The molecule has 9 heteroatoms. The molecule has 0 bridgehead atoms. The summed E-state index contributed by atoms with van der Waals surface area (Å²) in [5.74, 6) is -3.31. The molecule has 1 aromatic rings. The van der Waals surface area contributed by atoms with Gasteiger partial charge in [0.25, 0.3) is 5.91 Å². The molecule has 3 N–H and O–H groups in total. The first kappa shape index (κ1) is 21.3. The molecule has 1 radical (unpaired) electrons. The molecule has 0 aromatic heterocycles. The van der Waals surface area contributed by atoms with Gasteiger partial charge in [0.15, 0.2) is 0 Å². The second kappa shape index (κ2) is 9.05. The number of carbonyl (C=O) groups is 4. The maximum Gasteiger partial charge on any atom is 0.426 e. The van der Waals surface area contributed by atoms with Gasteiger partial charge in [0.2, 0.25) is 17.9 Å². The lowest BCUT2D eigenvalue weighted by Gasteiger charge is -2.36. The van der Waals surface area contributed by atoms with Gasteiger partial charge in [-0.05, 0) is 49.7 Å². The second-order valence-corrected chi connectivity index (χ2v) is 8.59. The van der Waals surface area contributed by atoms with Gasteiger partial charge in [-0.25, -0.2) is 9.80 Å². The zero-order valence-electron chi connectivity index (χ0n) is 17.2. The summed E-state index contributed by atoms with van der Waals surface area (Å²) in [4.78, 5) is 50.1. The van der Waals surface area contributed by atoms with E-state index in [1.54, 1.807) is 24.3 Å². The number of hydrogen-bond donors (Lipinski definition) is 2. The highest BCUT2D eigenvalue weighted by Crippen LogP contribution is 2.34. The Morgan fingerprint density at radius 3 is 2.52 bits per heavy atom. The molecular weight excluding hydrogens is 400 g/mol. The van der Waals surface area contributed by atoms with E-state index in [-0.39, 0.29) is 5.91 Å². The number of hydrogen-bond acceptors (Lipinski definition) is 6. The van der Waals surface area contributed by atoms with Crippen molar-refractivity contribution in [1.29, 1.82) is 0 Å². The zero-order chi connectivity index (χ0) is 22.0. The highest BCUT2D eigenvalue weighted by molar-refractivity contribution is 6.04. The molecule has 4 rings (SSSR count). The van der Waals surface area contributed by atoms with E-state index < -0.39 is 41.9 Å². The van der Waals surface area contributed by atoms with Gasteiger partial charge in [0.1, 0.15) is 5.92 Å². The van der Waals surface area contributed by atoms with Crippen LogP contribution in [0.2, 0.25) is 0 Å². The molecule has 0 spiro atoms. The van der Waals surface area contributed by atoms with Gasteiger partial charge >= 0.3 is 6.09 Å². The summed E-state index contributed by atoms with van der Waals surface area (Å²) in [6.45, 7) is 0.460. The van der Waals surface area contributed by atoms with Crippen LogP contribution in [0, 0.1) is 17.8 Å². The summed E-state index contributed by atoms with van der Waals surface area (Å²) in [7, 11) is 0. The van der Waals surface area contributed by atoms with Gasteiger partial charge in [-0.3, -0.25) is 20.1 Å². The first-order valence-electron chi connectivity index (χ1n) is 10.8. The summed E-state index contributed by atoms with van der Waals surface area (Å²) in [5.41, 5.74) is 11.0. The number of rotatable bonds is 8. The Balaban J connectivity index is 1.47. The fourth-order valence-electron chi connectivity index (χ4n) is 4.47. The van der Waals surface area contributed by atoms with Crippen LogP contribution in [0.4, 0.5) is 4.79 Å². The number of carbonyl (C=O) groups excluding carboxylic acids is 4. The van der Waals surface area contributed by atoms with Crippen molar-refractivity contribution in [3.05, 3.63) is 35.9 Å². The third kappa shape index (κ3) is 4.87. The molecule has 3 aliphatic rings. The standard InChI is InChI=1S/C22H27N4O5/c23-19(28)17(18(27)21-25-26(22(30)31-21)12-13-10-11-13)15-8-4-5-9-16(15)24-20(29)14-6-2-1-3-7-14/h1-3,6-7,13,15-17,21,23,25H,4-5,8-12H2,(H,24,29)/t15-,16-,17?,21?/m0/s1. The van der Waals surface area contributed by atoms with Gasteiger partial charge in [-0.2, -0.15) is 5.43 Å². The van der Waals surface area contributed by atoms with E-state index >= 15 is 0 Å². The summed E-state index contributed by atoms with van der Waals surface area (Å²) < 4.78 is 5.18. The lowest BCUT2D eigenvalue weighted by Crippen LogP contribution is -2.52. The van der Waals surface area contributed by atoms with Crippen LogP contribution < -0.4 is 16.5 Å². The summed E-state index contributed by atoms with van der Waals surface area (Å²) in [5, 5.41) is 4.23. The average molecular weight is 427 g/mol. The van der Waals surface area contributed by atoms with Crippen LogP contribution in [0.15, 0.2) is 30.3 Å². The first-order valence-corrected chi connectivity index (χ1v) is 10.8. The van der Waals surface area contributed by atoms with E-state index in [4.69, 9.17) is 10.5 Å². The van der Waals surface area contributed by atoms with E-state index in [0.717, 1.165) is 25.7 Å². The largest absolute Gasteiger partial charge is 0.426 e. The van der Waals surface area contributed by atoms with Gasteiger partial charge in [-0.1, -0.05) is 31.0 Å². The van der Waals surface area contributed by atoms with E-state index in [1.165, 1.54) is 5.01 Å². The van der Waals surface area contributed by atoms with Crippen LogP contribution in [0.5, 0.6) is 0 Å². The van der Waals surface area contributed by atoms with Crippen LogP contribution in [0.25, 0.3) is 0 Å². The second-order valence-electron chi connectivity index (χ2n) is 8.59. The van der Waals surface area contributed by atoms with Crippen molar-refractivity contribution >= 4 is 23.7 Å². The molecule has 2 unspecified atom stereocenters. The van der Waals surface area contributed by atoms with Crippen LogP contribution in [0.3, 0.4) is 0 Å². The van der Waals surface area contributed by atoms with Gasteiger partial charge < -0.3 is 10.1 Å². The summed E-state index contributed by atoms with van der Waals surface area (Å²) in [6.07, 6.45) is 2.95. The molecule has 4 atom stereocenters. The van der Waals surface area contributed by atoms with Crippen LogP contribution in [-0.2, 0) is 14.3 Å². The number of hydrazine groups is 1. The molecule has 1 heterocycles. The Hall–Kier alpha value is -2.94. The van der Waals surface area contributed by atoms with Crippen molar-refractivity contribution in [2.75, 3.05) is 6.54 Å². The minimum Gasteiger partial charge on any atom is -0.420 e.